The minimum Gasteiger partial charge on any atom is -0.357 e. The molecule has 0 bridgehead atoms. The summed E-state index contributed by atoms with van der Waals surface area (Å²) in [6.45, 7) is 7.55. The highest BCUT2D eigenvalue weighted by Crippen LogP contribution is 2.27. The lowest BCUT2D eigenvalue weighted by atomic mass is 9.99. The predicted octanol–water partition coefficient (Wildman–Crippen LogP) is 4.15. The first kappa shape index (κ1) is 22.3. The molecule has 0 spiro atoms. The van der Waals surface area contributed by atoms with Gasteiger partial charge in [-0.05, 0) is 31.9 Å². The maximum atomic E-state index is 4.95. The molecule has 3 heterocycles. The number of nitrogens with zero attached hydrogens (tertiary/aromatic N) is 5. The smallest absolute Gasteiger partial charge is 0.194 e. The Labute approximate surface area is 195 Å². The molecule has 158 valence electrons. The maximum Gasteiger partial charge on any atom is 0.194 e. The second kappa shape index (κ2) is 10.6. The van der Waals surface area contributed by atoms with E-state index in [4.69, 9.17) is 4.99 Å². The summed E-state index contributed by atoms with van der Waals surface area (Å²) in [6, 6.07) is 14.8. The van der Waals surface area contributed by atoms with Crippen LogP contribution in [0.2, 0.25) is 0 Å². The molecule has 1 atom stereocenters. The van der Waals surface area contributed by atoms with Crippen LogP contribution in [0.3, 0.4) is 0 Å². The zero-order chi connectivity index (χ0) is 20.1. The molecular weight excluding hydrogens is 487 g/mol. The minimum atomic E-state index is 0. The molecule has 0 radical (unpaired) electrons. The third kappa shape index (κ3) is 5.00. The zero-order valence-electron chi connectivity index (χ0n) is 17.5. The van der Waals surface area contributed by atoms with Crippen molar-refractivity contribution in [2.75, 3.05) is 19.6 Å². The highest BCUT2D eigenvalue weighted by Gasteiger charge is 2.26. The number of aryl methyl sites for hydroxylation is 1. The number of imidazole rings is 1. The average molecular weight is 516 g/mol. The Kier molecular flexibility index (Phi) is 7.84. The molecule has 0 aliphatic carbocycles. The summed E-state index contributed by atoms with van der Waals surface area (Å²) in [5.74, 6) is 3.35. The van der Waals surface area contributed by atoms with Gasteiger partial charge >= 0.3 is 0 Å². The van der Waals surface area contributed by atoms with Crippen molar-refractivity contribution < 1.29 is 0 Å². The van der Waals surface area contributed by atoms with Gasteiger partial charge in [-0.25, -0.2) is 15.0 Å². The van der Waals surface area contributed by atoms with Gasteiger partial charge in [0.2, 0.25) is 0 Å². The van der Waals surface area contributed by atoms with Gasteiger partial charge in [-0.15, -0.1) is 24.0 Å². The van der Waals surface area contributed by atoms with Crippen molar-refractivity contribution in [1.82, 2.24) is 24.8 Å². The molecule has 1 saturated heterocycles. The molecule has 4 rings (SSSR count). The summed E-state index contributed by atoms with van der Waals surface area (Å²) in [6.07, 6.45) is 6.72. The Morgan fingerprint density at radius 3 is 2.70 bits per heavy atom. The SMILES string of the molecule is CCNC(=NCc1cccnc1-n1ccnc1C)N1CCC(c2ccccc2)C1.I. The number of aliphatic imine (C=N–C) groups is 1. The molecule has 1 unspecified atom stereocenters. The molecule has 0 amide bonds. The number of hydrogen-bond acceptors (Lipinski definition) is 3. The van der Waals surface area contributed by atoms with Crippen LogP contribution in [0.25, 0.3) is 5.82 Å². The van der Waals surface area contributed by atoms with Gasteiger partial charge in [0, 0.05) is 49.7 Å². The van der Waals surface area contributed by atoms with E-state index in [1.807, 2.05) is 30.0 Å². The summed E-state index contributed by atoms with van der Waals surface area (Å²) >= 11 is 0. The van der Waals surface area contributed by atoms with Crippen LogP contribution in [-0.2, 0) is 6.54 Å². The monoisotopic (exact) mass is 516 g/mol. The van der Waals surface area contributed by atoms with Crippen molar-refractivity contribution in [3.8, 4) is 5.82 Å². The number of aromatic nitrogens is 3. The Morgan fingerprint density at radius 2 is 1.97 bits per heavy atom. The highest BCUT2D eigenvalue weighted by molar-refractivity contribution is 14.0. The lowest BCUT2D eigenvalue weighted by molar-refractivity contribution is 0.486. The van der Waals surface area contributed by atoms with E-state index in [9.17, 15) is 0 Å². The summed E-state index contributed by atoms with van der Waals surface area (Å²) in [5.41, 5.74) is 2.50. The third-order valence-electron chi connectivity index (χ3n) is 5.41. The van der Waals surface area contributed by atoms with Gasteiger partial charge in [0.05, 0.1) is 6.54 Å². The van der Waals surface area contributed by atoms with E-state index in [2.05, 4.69) is 63.5 Å². The first-order valence-corrected chi connectivity index (χ1v) is 10.3. The van der Waals surface area contributed by atoms with Crippen molar-refractivity contribution in [2.24, 2.45) is 4.99 Å². The van der Waals surface area contributed by atoms with E-state index in [1.165, 1.54) is 5.56 Å². The molecular formula is C23H29IN6. The fourth-order valence-corrected chi connectivity index (χ4v) is 3.91. The number of benzene rings is 1. The number of guanidine groups is 1. The first-order chi connectivity index (χ1) is 14.3. The fraction of sp³-hybridized carbons (Fsp3) is 0.348. The molecule has 1 fully saturated rings. The van der Waals surface area contributed by atoms with E-state index in [0.717, 1.165) is 49.2 Å². The number of nitrogens with one attached hydrogen (secondary N) is 1. The van der Waals surface area contributed by atoms with Crippen molar-refractivity contribution in [3.05, 3.63) is 78.0 Å². The summed E-state index contributed by atoms with van der Waals surface area (Å²) < 4.78 is 2.01. The zero-order valence-corrected chi connectivity index (χ0v) is 19.9. The summed E-state index contributed by atoms with van der Waals surface area (Å²) in [7, 11) is 0. The van der Waals surface area contributed by atoms with Crippen LogP contribution >= 0.6 is 24.0 Å². The Hall–Kier alpha value is -2.42. The van der Waals surface area contributed by atoms with Gasteiger partial charge < -0.3 is 10.2 Å². The molecule has 7 heteroatoms. The molecule has 1 N–H and O–H groups in total. The molecule has 1 aliphatic heterocycles. The van der Waals surface area contributed by atoms with E-state index in [0.29, 0.717) is 12.5 Å². The van der Waals surface area contributed by atoms with Crippen LogP contribution in [0.1, 0.15) is 36.2 Å². The lowest BCUT2D eigenvalue weighted by Crippen LogP contribution is -2.40. The molecule has 0 saturated carbocycles. The Balaban J connectivity index is 0.00000256. The predicted molar refractivity (Wildman–Crippen MR) is 132 cm³/mol. The normalized spacial score (nSPS) is 16.4. The van der Waals surface area contributed by atoms with Crippen LogP contribution < -0.4 is 5.32 Å². The van der Waals surface area contributed by atoms with Gasteiger partial charge in [0.25, 0.3) is 0 Å². The third-order valence-corrected chi connectivity index (χ3v) is 5.41. The van der Waals surface area contributed by atoms with Gasteiger partial charge in [0.15, 0.2) is 5.96 Å². The van der Waals surface area contributed by atoms with Crippen LogP contribution in [0.15, 0.2) is 66.0 Å². The van der Waals surface area contributed by atoms with Gasteiger partial charge in [-0.2, -0.15) is 0 Å². The van der Waals surface area contributed by atoms with Crippen molar-refractivity contribution >= 4 is 29.9 Å². The number of halogens is 1. The van der Waals surface area contributed by atoms with Gasteiger partial charge in [-0.1, -0.05) is 36.4 Å². The van der Waals surface area contributed by atoms with Gasteiger partial charge in [-0.3, -0.25) is 4.57 Å². The van der Waals surface area contributed by atoms with E-state index in [-0.39, 0.29) is 24.0 Å². The average Bonchev–Trinajstić information content (AvgIpc) is 3.41. The van der Waals surface area contributed by atoms with Crippen LogP contribution in [0.4, 0.5) is 0 Å². The number of likely N-dealkylation sites (tertiary alicyclic amines) is 1. The van der Waals surface area contributed by atoms with E-state index < -0.39 is 0 Å². The molecule has 3 aromatic rings. The van der Waals surface area contributed by atoms with E-state index in [1.54, 1.807) is 6.20 Å². The maximum absolute atomic E-state index is 4.95. The molecule has 1 aromatic carbocycles. The molecule has 30 heavy (non-hydrogen) atoms. The number of pyridine rings is 1. The van der Waals surface area contributed by atoms with Crippen LogP contribution in [-0.4, -0.2) is 45.0 Å². The minimum absolute atomic E-state index is 0. The molecule has 1 aliphatic rings. The van der Waals surface area contributed by atoms with Crippen LogP contribution in [0, 0.1) is 6.92 Å². The van der Waals surface area contributed by atoms with Gasteiger partial charge in [0.1, 0.15) is 11.6 Å². The number of hydrogen-bond donors (Lipinski definition) is 1. The fourth-order valence-electron chi connectivity index (χ4n) is 3.91. The van der Waals surface area contributed by atoms with E-state index >= 15 is 0 Å². The topological polar surface area (TPSA) is 58.3 Å². The van der Waals surface area contributed by atoms with Crippen molar-refractivity contribution in [2.45, 2.75) is 32.7 Å². The van der Waals surface area contributed by atoms with Crippen LogP contribution in [0.5, 0.6) is 0 Å². The van der Waals surface area contributed by atoms with Crippen molar-refractivity contribution in [3.63, 3.8) is 0 Å². The molecule has 2 aromatic heterocycles. The second-order valence-corrected chi connectivity index (χ2v) is 7.34. The highest BCUT2D eigenvalue weighted by atomic mass is 127. The summed E-state index contributed by atoms with van der Waals surface area (Å²) in [5, 5.41) is 3.47. The second-order valence-electron chi connectivity index (χ2n) is 7.34. The largest absolute Gasteiger partial charge is 0.357 e. The molecule has 6 nitrogen and oxygen atoms in total. The quantitative estimate of drug-likeness (QED) is 0.315. The lowest BCUT2D eigenvalue weighted by Gasteiger charge is -2.22. The Bertz CT molecular complexity index is 969. The summed E-state index contributed by atoms with van der Waals surface area (Å²) in [4.78, 5) is 16.2. The van der Waals surface area contributed by atoms with Crippen molar-refractivity contribution in [1.29, 1.82) is 0 Å². The standard InChI is InChI=1S/C23H28N6.HI/c1-3-24-23(28-14-11-21(17-28)19-8-5-4-6-9-19)27-16-20-10-7-12-26-22(20)29-15-13-25-18(29)2;/h4-10,12-13,15,21H,3,11,14,16-17H2,1-2H3,(H,24,27);1H. The number of rotatable bonds is 5. The first-order valence-electron chi connectivity index (χ1n) is 10.3. The Morgan fingerprint density at radius 1 is 1.13 bits per heavy atom.